The van der Waals surface area contributed by atoms with Crippen LogP contribution in [0.3, 0.4) is 0 Å². The van der Waals surface area contributed by atoms with Gasteiger partial charge in [-0.15, -0.1) is 0 Å². The summed E-state index contributed by atoms with van der Waals surface area (Å²) in [5.74, 6) is 0.500. The summed E-state index contributed by atoms with van der Waals surface area (Å²) in [6, 6.07) is 12.5. The smallest absolute Gasteiger partial charge is 0.267 e. The van der Waals surface area contributed by atoms with Crippen LogP contribution < -0.4 is 15.1 Å². The molecule has 2 aromatic carbocycles. The number of nitrogens with one attached hydrogen (secondary N) is 1. The Morgan fingerprint density at radius 2 is 1.90 bits per heavy atom. The summed E-state index contributed by atoms with van der Waals surface area (Å²) in [5.41, 5.74) is 2.06. The van der Waals surface area contributed by atoms with Crippen LogP contribution in [0.2, 0.25) is 10.0 Å². The van der Waals surface area contributed by atoms with E-state index >= 15 is 0 Å². The standard InChI is InChI=1S/C23H25Cl2N3O3/c1-31-16-9-6-14(7-10-16)21-13-19(23(30)26-18-4-2-3-5-22(18)29)27-28(21)20-11-8-15(24)12-17(20)25/h6-12,18,21-22,29H,2-5,13H2,1H3,(H,26,30)/t18-,21+,22-/m0/s1. The second kappa shape index (κ2) is 9.47. The van der Waals surface area contributed by atoms with Gasteiger partial charge >= 0.3 is 0 Å². The average molecular weight is 462 g/mol. The van der Waals surface area contributed by atoms with Crippen molar-refractivity contribution in [3.8, 4) is 5.75 Å². The van der Waals surface area contributed by atoms with Crippen molar-refractivity contribution >= 4 is 40.5 Å². The number of carbonyl (C=O) groups is 1. The zero-order valence-corrected chi connectivity index (χ0v) is 18.7. The Morgan fingerprint density at radius 1 is 1.16 bits per heavy atom. The van der Waals surface area contributed by atoms with Crippen LogP contribution in [0.15, 0.2) is 47.6 Å². The first-order valence-corrected chi connectivity index (χ1v) is 11.2. The summed E-state index contributed by atoms with van der Waals surface area (Å²) < 4.78 is 5.26. The lowest BCUT2D eigenvalue weighted by atomic mass is 9.92. The molecule has 8 heteroatoms. The number of hydrazone groups is 1. The van der Waals surface area contributed by atoms with Crippen LogP contribution in [0, 0.1) is 0 Å². The number of amides is 1. The van der Waals surface area contributed by atoms with Crippen molar-refractivity contribution < 1.29 is 14.6 Å². The first kappa shape index (κ1) is 21.9. The van der Waals surface area contributed by atoms with Crippen molar-refractivity contribution in [2.75, 3.05) is 12.1 Å². The van der Waals surface area contributed by atoms with Gasteiger partial charge in [-0.3, -0.25) is 9.80 Å². The molecule has 1 heterocycles. The molecule has 0 radical (unpaired) electrons. The molecule has 6 nitrogen and oxygen atoms in total. The van der Waals surface area contributed by atoms with Gasteiger partial charge in [0.05, 0.1) is 36.0 Å². The SMILES string of the molecule is COc1ccc([C@H]2CC(C(=O)N[C@H]3CCCC[C@@H]3O)=NN2c2ccc(Cl)cc2Cl)cc1. The number of anilines is 1. The Bertz CT molecular complexity index is 981. The number of carbonyl (C=O) groups excluding carboxylic acids is 1. The molecule has 0 unspecified atom stereocenters. The molecule has 2 N–H and O–H groups in total. The van der Waals surface area contributed by atoms with Crippen LogP contribution in [-0.2, 0) is 4.79 Å². The highest BCUT2D eigenvalue weighted by Crippen LogP contribution is 2.40. The lowest BCUT2D eigenvalue weighted by molar-refractivity contribution is -0.116. The number of nitrogens with zero attached hydrogens (tertiary/aromatic N) is 2. The molecule has 1 aliphatic heterocycles. The van der Waals surface area contributed by atoms with E-state index in [2.05, 4.69) is 10.4 Å². The first-order chi connectivity index (χ1) is 15.0. The third-order valence-electron chi connectivity index (χ3n) is 5.88. The minimum absolute atomic E-state index is 0.207. The van der Waals surface area contributed by atoms with Crippen LogP contribution in [0.1, 0.15) is 43.7 Å². The third kappa shape index (κ3) is 4.81. The second-order valence-electron chi connectivity index (χ2n) is 7.91. The molecule has 0 aromatic heterocycles. The highest BCUT2D eigenvalue weighted by Gasteiger charge is 2.35. The fourth-order valence-electron chi connectivity index (χ4n) is 4.15. The quantitative estimate of drug-likeness (QED) is 0.674. The van der Waals surface area contributed by atoms with Gasteiger partial charge in [0.25, 0.3) is 5.91 Å². The minimum atomic E-state index is -0.515. The normalized spacial score (nSPS) is 23.4. The molecular weight excluding hydrogens is 437 g/mol. The van der Waals surface area contributed by atoms with Gasteiger partial charge in [0, 0.05) is 11.4 Å². The van der Waals surface area contributed by atoms with Gasteiger partial charge in [0.15, 0.2) is 0 Å². The van der Waals surface area contributed by atoms with E-state index in [0.717, 1.165) is 30.6 Å². The predicted molar refractivity (Wildman–Crippen MR) is 123 cm³/mol. The molecular formula is C23H25Cl2N3O3. The topological polar surface area (TPSA) is 74.2 Å². The highest BCUT2D eigenvalue weighted by molar-refractivity contribution is 6.40. The molecule has 164 valence electrons. The molecule has 0 saturated heterocycles. The summed E-state index contributed by atoms with van der Waals surface area (Å²) in [4.78, 5) is 13.0. The molecule has 0 bridgehead atoms. The monoisotopic (exact) mass is 461 g/mol. The summed E-state index contributed by atoms with van der Waals surface area (Å²) in [6.45, 7) is 0. The number of ether oxygens (including phenoxy) is 1. The van der Waals surface area contributed by atoms with Crippen molar-refractivity contribution in [1.82, 2.24) is 5.32 Å². The van der Waals surface area contributed by atoms with Gasteiger partial charge in [-0.1, -0.05) is 48.2 Å². The van der Waals surface area contributed by atoms with Crippen molar-refractivity contribution in [2.45, 2.75) is 50.3 Å². The zero-order chi connectivity index (χ0) is 22.0. The van der Waals surface area contributed by atoms with E-state index in [1.165, 1.54) is 0 Å². The zero-order valence-electron chi connectivity index (χ0n) is 17.2. The number of aliphatic hydroxyl groups excluding tert-OH is 1. The Morgan fingerprint density at radius 3 is 2.58 bits per heavy atom. The molecule has 4 rings (SSSR count). The maximum absolute atomic E-state index is 13.0. The maximum Gasteiger partial charge on any atom is 0.267 e. The lowest BCUT2D eigenvalue weighted by Crippen LogP contribution is -2.47. The van der Waals surface area contributed by atoms with Gasteiger partial charge in [0.2, 0.25) is 0 Å². The minimum Gasteiger partial charge on any atom is -0.497 e. The van der Waals surface area contributed by atoms with Gasteiger partial charge in [-0.25, -0.2) is 0 Å². The number of benzene rings is 2. The second-order valence-corrected chi connectivity index (χ2v) is 8.76. The molecule has 1 saturated carbocycles. The summed E-state index contributed by atoms with van der Waals surface area (Å²) in [5, 5.41) is 20.6. The molecule has 31 heavy (non-hydrogen) atoms. The predicted octanol–water partition coefficient (Wildman–Crippen LogP) is 4.73. The van der Waals surface area contributed by atoms with E-state index in [1.54, 1.807) is 30.3 Å². The number of aliphatic hydroxyl groups is 1. The van der Waals surface area contributed by atoms with E-state index in [1.807, 2.05) is 24.3 Å². The van der Waals surface area contributed by atoms with E-state index in [-0.39, 0.29) is 18.0 Å². The van der Waals surface area contributed by atoms with Gasteiger partial charge in [0.1, 0.15) is 11.5 Å². The van der Waals surface area contributed by atoms with Crippen molar-refractivity contribution in [3.63, 3.8) is 0 Å². The Hall–Kier alpha value is -2.28. The molecule has 3 atom stereocenters. The van der Waals surface area contributed by atoms with E-state index in [4.69, 9.17) is 27.9 Å². The Labute approximate surface area is 191 Å². The maximum atomic E-state index is 13.0. The van der Waals surface area contributed by atoms with Crippen LogP contribution >= 0.6 is 23.2 Å². The average Bonchev–Trinajstić information content (AvgIpc) is 3.20. The summed E-state index contributed by atoms with van der Waals surface area (Å²) in [7, 11) is 1.62. The van der Waals surface area contributed by atoms with E-state index in [0.29, 0.717) is 34.3 Å². The lowest BCUT2D eigenvalue weighted by Gasteiger charge is -2.28. The van der Waals surface area contributed by atoms with Crippen LogP contribution in [0.4, 0.5) is 5.69 Å². The third-order valence-corrected chi connectivity index (χ3v) is 6.41. The number of hydrogen-bond donors (Lipinski definition) is 2. The summed E-state index contributed by atoms with van der Waals surface area (Å²) in [6.07, 6.45) is 3.36. The molecule has 2 aromatic rings. The molecule has 0 spiro atoms. The van der Waals surface area contributed by atoms with Crippen LogP contribution in [-0.4, -0.2) is 36.0 Å². The van der Waals surface area contributed by atoms with Crippen molar-refractivity contribution in [3.05, 3.63) is 58.1 Å². The number of methoxy groups -OCH3 is 1. The number of hydrogen-bond acceptors (Lipinski definition) is 5. The van der Waals surface area contributed by atoms with Crippen LogP contribution in [0.5, 0.6) is 5.75 Å². The van der Waals surface area contributed by atoms with Crippen molar-refractivity contribution in [1.29, 1.82) is 0 Å². The van der Waals surface area contributed by atoms with Gasteiger partial charge in [-0.05, 0) is 48.7 Å². The molecule has 1 aliphatic carbocycles. The largest absolute Gasteiger partial charge is 0.497 e. The van der Waals surface area contributed by atoms with Gasteiger partial charge < -0.3 is 15.2 Å². The van der Waals surface area contributed by atoms with E-state index in [9.17, 15) is 9.90 Å². The van der Waals surface area contributed by atoms with E-state index < -0.39 is 6.10 Å². The fraction of sp³-hybridized carbons (Fsp3) is 0.391. The van der Waals surface area contributed by atoms with Crippen molar-refractivity contribution in [2.24, 2.45) is 5.10 Å². The number of rotatable bonds is 5. The van der Waals surface area contributed by atoms with Crippen LogP contribution in [0.25, 0.3) is 0 Å². The molecule has 2 aliphatic rings. The number of halogens is 2. The Kier molecular flexibility index (Phi) is 6.70. The first-order valence-electron chi connectivity index (χ1n) is 10.4. The molecule has 1 amide bonds. The van der Waals surface area contributed by atoms with Gasteiger partial charge in [-0.2, -0.15) is 5.10 Å². The highest BCUT2D eigenvalue weighted by atomic mass is 35.5. The molecule has 1 fully saturated rings. The summed E-state index contributed by atoms with van der Waals surface area (Å²) >= 11 is 12.5. The Balaban J connectivity index is 1.62. The fourth-order valence-corrected chi connectivity index (χ4v) is 4.65.